The highest BCUT2D eigenvalue weighted by molar-refractivity contribution is 9.10. The van der Waals surface area contributed by atoms with Gasteiger partial charge in [-0.05, 0) is 47.7 Å². The molecule has 82 valence electrons. The summed E-state index contributed by atoms with van der Waals surface area (Å²) >= 11 is 3.12. The third kappa shape index (κ3) is 2.43. The molecule has 1 saturated carbocycles. The SMILES string of the molecule is Nc1cc(F)c(Br)cc1OC1CCCC1. The van der Waals surface area contributed by atoms with Crippen LogP contribution in [0.15, 0.2) is 16.6 Å². The van der Waals surface area contributed by atoms with Crippen LogP contribution in [0.2, 0.25) is 0 Å². The van der Waals surface area contributed by atoms with E-state index in [0.29, 0.717) is 15.9 Å². The highest BCUT2D eigenvalue weighted by Crippen LogP contribution is 2.32. The molecule has 1 fully saturated rings. The van der Waals surface area contributed by atoms with Crippen LogP contribution in [0.4, 0.5) is 10.1 Å². The average molecular weight is 274 g/mol. The molecular formula is C11H13BrFNO. The fraction of sp³-hybridized carbons (Fsp3) is 0.455. The first-order valence-electron chi connectivity index (χ1n) is 5.08. The van der Waals surface area contributed by atoms with Crippen LogP contribution >= 0.6 is 15.9 Å². The van der Waals surface area contributed by atoms with Crippen molar-refractivity contribution in [3.05, 3.63) is 22.4 Å². The number of anilines is 1. The van der Waals surface area contributed by atoms with Crippen molar-refractivity contribution >= 4 is 21.6 Å². The molecule has 0 aliphatic heterocycles. The smallest absolute Gasteiger partial charge is 0.143 e. The maximum atomic E-state index is 13.1. The Kier molecular flexibility index (Phi) is 3.14. The fourth-order valence-electron chi connectivity index (χ4n) is 1.83. The van der Waals surface area contributed by atoms with Gasteiger partial charge in [-0.1, -0.05) is 0 Å². The molecule has 0 aromatic heterocycles. The molecule has 2 rings (SSSR count). The minimum atomic E-state index is -0.355. The van der Waals surface area contributed by atoms with Crippen LogP contribution in [0.5, 0.6) is 5.75 Å². The molecule has 1 aliphatic carbocycles. The predicted octanol–water partition coefficient (Wildman–Crippen LogP) is 3.49. The first-order valence-corrected chi connectivity index (χ1v) is 5.87. The lowest BCUT2D eigenvalue weighted by molar-refractivity contribution is 0.211. The van der Waals surface area contributed by atoms with Gasteiger partial charge in [0.25, 0.3) is 0 Å². The summed E-state index contributed by atoms with van der Waals surface area (Å²) < 4.78 is 19.2. The Morgan fingerprint density at radius 1 is 1.33 bits per heavy atom. The van der Waals surface area contributed by atoms with E-state index in [4.69, 9.17) is 10.5 Å². The number of nitrogen functional groups attached to an aromatic ring is 1. The quantitative estimate of drug-likeness (QED) is 0.838. The number of halogens is 2. The van der Waals surface area contributed by atoms with Gasteiger partial charge < -0.3 is 10.5 Å². The van der Waals surface area contributed by atoms with Gasteiger partial charge in [-0.2, -0.15) is 0 Å². The van der Waals surface area contributed by atoms with Crippen LogP contribution < -0.4 is 10.5 Å². The van der Waals surface area contributed by atoms with Gasteiger partial charge in [-0.3, -0.25) is 0 Å². The lowest BCUT2D eigenvalue weighted by Gasteiger charge is -2.15. The minimum absolute atomic E-state index is 0.240. The van der Waals surface area contributed by atoms with E-state index in [0.717, 1.165) is 12.8 Å². The van der Waals surface area contributed by atoms with Gasteiger partial charge in [-0.15, -0.1) is 0 Å². The van der Waals surface area contributed by atoms with E-state index in [1.807, 2.05) is 0 Å². The summed E-state index contributed by atoms with van der Waals surface area (Å²) in [6.07, 6.45) is 4.77. The van der Waals surface area contributed by atoms with Crippen molar-refractivity contribution in [2.75, 3.05) is 5.73 Å². The van der Waals surface area contributed by atoms with Crippen molar-refractivity contribution in [1.82, 2.24) is 0 Å². The standard InChI is InChI=1S/C11H13BrFNO/c12-8-5-11(10(14)6-9(8)13)15-7-3-1-2-4-7/h5-7H,1-4,14H2. The Morgan fingerprint density at radius 2 is 2.00 bits per heavy atom. The summed E-state index contributed by atoms with van der Waals surface area (Å²) in [6.45, 7) is 0. The number of hydrogen-bond donors (Lipinski definition) is 1. The molecule has 0 heterocycles. The molecule has 0 amide bonds. The van der Waals surface area contributed by atoms with Crippen molar-refractivity contribution in [3.63, 3.8) is 0 Å². The second kappa shape index (κ2) is 4.39. The first kappa shape index (κ1) is 10.7. The summed E-state index contributed by atoms with van der Waals surface area (Å²) in [5.74, 6) is 0.224. The third-order valence-electron chi connectivity index (χ3n) is 2.65. The van der Waals surface area contributed by atoms with Crippen molar-refractivity contribution < 1.29 is 9.13 Å². The van der Waals surface area contributed by atoms with E-state index in [2.05, 4.69) is 15.9 Å². The Hall–Kier alpha value is -0.770. The van der Waals surface area contributed by atoms with Crippen LogP contribution in [-0.2, 0) is 0 Å². The zero-order valence-electron chi connectivity index (χ0n) is 8.30. The zero-order chi connectivity index (χ0) is 10.8. The summed E-state index contributed by atoms with van der Waals surface area (Å²) in [5, 5.41) is 0. The topological polar surface area (TPSA) is 35.2 Å². The molecule has 2 nitrogen and oxygen atoms in total. The van der Waals surface area contributed by atoms with Gasteiger partial charge in [0.1, 0.15) is 11.6 Å². The van der Waals surface area contributed by atoms with Crippen LogP contribution in [0.3, 0.4) is 0 Å². The summed E-state index contributed by atoms with van der Waals surface area (Å²) in [5.41, 5.74) is 6.05. The number of hydrogen-bond acceptors (Lipinski definition) is 2. The summed E-state index contributed by atoms with van der Waals surface area (Å²) in [4.78, 5) is 0. The van der Waals surface area contributed by atoms with Gasteiger partial charge in [0, 0.05) is 6.07 Å². The normalized spacial score (nSPS) is 16.9. The Labute approximate surface area is 96.7 Å². The Morgan fingerprint density at radius 3 is 2.67 bits per heavy atom. The van der Waals surface area contributed by atoms with Crippen molar-refractivity contribution in [1.29, 1.82) is 0 Å². The molecule has 1 aromatic rings. The monoisotopic (exact) mass is 273 g/mol. The highest BCUT2D eigenvalue weighted by atomic mass is 79.9. The van der Waals surface area contributed by atoms with Crippen LogP contribution in [-0.4, -0.2) is 6.10 Å². The van der Waals surface area contributed by atoms with Gasteiger partial charge in [0.05, 0.1) is 16.3 Å². The maximum Gasteiger partial charge on any atom is 0.143 e. The average Bonchev–Trinajstić information content (AvgIpc) is 2.67. The first-order chi connectivity index (χ1) is 7.16. The van der Waals surface area contributed by atoms with Crippen LogP contribution in [0.25, 0.3) is 0 Å². The number of nitrogens with two attached hydrogens (primary N) is 1. The van der Waals surface area contributed by atoms with Gasteiger partial charge >= 0.3 is 0 Å². The molecule has 0 radical (unpaired) electrons. The van der Waals surface area contributed by atoms with Crippen LogP contribution in [0.1, 0.15) is 25.7 Å². The fourth-order valence-corrected chi connectivity index (χ4v) is 2.15. The molecule has 4 heteroatoms. The largest absolute Gasteiger partial charge is 0.488 e. The predicted molar refractivity (Wildman–Crippen MR) is 61.4 cm³/mol. The molecule has 0 saturated heterocycles. The van der Waals surface area contributed by atoms with E-state index in [1.54, 1.807) is 6.07 Å². The van der Waals surface area contributed by atoms with E-state index in [-0.39, 0.29) is 11.9 Å². The second-order valence-electron chi connectivity index (χ2n) is 3.83. The molecular weight excluding hydrogens is 261 g/mol. The lowest BCUT2D eigenvalue weighted by Crippen LogP contribution is -2.12. The van der Waals surface area contributed by atoms with Crippen LogP contribution in [0, 0.1) is 5.82 Å². The van der Waals surface area contributed by atoms with Gasteiger partial charge in [0.2, 0.25) is 0 Å². The molecule has 0 bridgehead atoms. The number of benzene rings is 1. The molecule has 15 heavy (non-hydrogen) atoms. The number of rotatable bonds is 2. The van der Waals surface area contributed by atoms with E-state index in [1.165, 1.54) is 18.9 Å². The van der Waals surface area contributed by atoms with Crippen molar-refractivity contribution in [3.8, 4) is 5.75 Å². The molecule has 1 aliphatic rings. The van der Waals surface area contributed by atoms with E-state index >= 15 is 0 Å². The molecule has 0 atom stereocenters. The second-order valence-corrected chi connectivity index (χ2v) is 4.68. The van der Waals surface area contributed by atoms with E-state index < -0.39 is 0 Å². The maximum absolute atomic E-state index is 13.1. The van der Waals surface area contributed by atoms with Crippen molar-refractivity contribution in [2.45, 2.75) is 31.8 Å². The van der Waals surface area contributed by atoms with E-state index in [9.17, 15) is 4.39 Å². The molecule has 0 spiro atoms. The number of ether oxygens (including phenoxy) is 1. The highest BCUT2D eigenvalue weighted by Gasteiger charge is 2.18. The zero-order valence-corrected chi connectivity index (χ0v) is 9.89. The molecule has 1 aromatic carbocycles. The molecule has 0 unspecified atom stereocenters. The third-order valence-corrected chi connectivity index (χ3v) is 3.26. The van der Waals surface area contributed by atoms with Gasteiger partial charge in [-0.25, -0.2) is 4.39 Å². The van der Waals surface area contributed by atoms with Gasteiger partial charge in [0.15, 0.2) is 0 Å². The minimum Gasteiger partial charge on any atom is -0.488 e. The summed E-state index contributed by atoms with van der Waals surface area (Å²) in [7, 11) is 0. The Balaban J connectivity index is 2.16. The molecule has 2 N–H and O–H groups in total. The van der Waals surface area contributed by atoms with Crippen molar-refractivity contribution in [2.24, 2.45) is 0 Å². The summed E-state index contributed by atoms with van der Waals surface area (Å²) in [6, 6.07) is 2.89. The lowest BCUT2D eigenvalue weighted by atomic mass is 10.2. The Bertz CT molecular complexity index is 364.